The monoisotopic (exact) mass is 560 g/mol. The Morgan fingerprint density at radius 1 is 1.03 bits per heavy atom. The maximum atomic E-state index is 13.2. The predicted molar refractivity (Wildman–Crippen MR) is 138 cm³/mol. The van der Waals surface area contributed by atoms with Gasteiger partial charge in [-0.25, -0.2) is 4.39 Å². The van der Waals surface area contributed by atoms with Crippen molar-refractivity contribution in [3.63, 3.8) is 0 Å². The highest BCUT2D eigenvalue weighted by atomic mass is 79.9. The minimum atomic E-state index is -1.06. The van der Waals surface area contributed by atoms with Crippen molar-refractivity contribution in [3.8, 4) is 10.4 Å². The van der Waals surface area contributed by atoms with Crippen LogP contribution in [0, 0.1) is 5.82 Å². The number of amides is 2. The highest BCUT2D eigenvalue weighted by Crippen LogP contribution is 2.31. The van der Waals surface area contributed by atoms with Gasteiger partial charge in [0.15, 0.2) is 0 Å². The van der Waals surface area contributed by atoms with E-state index in [1.54, 1.807) is 35.6 Å². The van der Waals surface area contributed by atoms with Gasteiger partial charge in [0.2, 0.25) is 5.91 Å². The SMILES string of the molecule is CC(C)(Cc1ccc(F)cc1)NC(=O)[C@H](CCC(=O)O)NC(=O)c1ccc(-c2ccc(Br)s2)cc1. The molecule has 2 amide bonds. The Bertz CT molecular complexity index is 1190. The molecule has 9 heteroatoms. The van der Waals surface area contributed by atoms with Crippen molar-refractivity contribution in [2.24, 2.45) is 0 Å². The number of nitrogens with one attached hydrogen (secondary N) is 2. The molecule has 0 saturated carbocycles. The smallest absolute Gasteiger partial charge is 0.303 e. The van der Waals surface area contributed by atoms with Crippen molar-refractivity contribution >= 4 is 45.1 Å². The van der Waals surface area contributed by atoms with Crippen molar-refractivity contribution < 1.29 is 23.9 Å². The van der Waals surface area contributed by atoms with Crippen molar-refractivity contribution in [1.29, 1.82) is 0 Å². The number of benzene rings is 2. The Kier molecular flexibility index (Phi) is 8.80. The lowest BCUT2D eigenvalue weighted by atomic mass is 9.94. The number of carboxylic acids is 1. The third kappa shape index (κ3) is 8.00. The second-order valence-electron chi connectivity index (χ2n) is 8.82. The van der Waals surface area contributed by atoms with Gasteiger partial charge in [-0.2, -0.15) is 0 Å². The second kappa shape index (κ2) is 11.6. The third-order valence-corrected chi connectivity index (χ3v) is 6.97. The molecule has 0 spiro atoms. The molecule has 1 heterocycles. The highest BCUT2D eigenvalue weighted by Gasteiger charge is 2.28. The Morgan fingerprint density at radius 2 is 1.69 bits per heavy atom. The van der Waals surface area contributed by atoms with E-state index in [9.17, 15) is 18.8 Å². The minimum absolute atomic E-state index is 0.0547. The van der Waals surface area contributed by atoms with E-state index in [4.69, 9.17) is 5.11 Å². The van der Waals surface area contributed by atoms with E-state index in [-0.39, 0.29) is 18.7 Å². The second-order valence-corrected chi connectivity index (χ2v) is 11.3. The number of rotatable bonds is 10. The normalized spacial score (nSPS) is 12.1. The van der Waals surface area contributed by atoms with Crippen LogP contribution in [0.25, 0.3) is 10.4 Å². The molecule has 35 heavy (non-hydrogen) atoms. The summed E-state index contributed by atoms with van der Waals surface area (Å²) < 4.78 is 14.2. The van der Waals surface area contributed by atoms with Crippen LogP contribution in [0.4, 0.5) is 4.39 Å². The molecule has 0 saturated heterocycles. The Labute approximate surface area is 215 Å². The van der Waals surface area contributed by atoms with Crippen LogP contribution in [0.3, 0.4) is 0 Å². The molecule has 6 nitrogen and oxygen atoms in total. The summed E-state index contributed by atoms with van der Waals surface area (Å²) in [4.78, 5) is 38.1. The Hall–Kier alpha value is -3.04. The fourth-order valence-electron chi connectivity index (χ4n) is 3.61. The van der Waals surface area contributed by atoms with Crippen LogP contribution >= 0.6 is 27.3 Å². The zero-order chi connectivity index (χ0) is 25.6. The summed E-state index contributed by atoms with van der Waals surface area (Å²) in [6.45, 7) is 3.62. The summed E-state index contributed by atoms with van der Waals surface area (Å²) in [6.07, 6.45) is 0.0999. The first-order chi connectivity index (χ1) is 16.5. The van der Waals surface area contributed by atoms with Crippen molar-refractivity contribution in [2.45, 2.75) is 44.7 Å². The number of hydrogen-bond donors (Lipinski definition) is 3. The van der Waals surface area contributed by atoms with Gasteiger partial charge in [-0.05, 0) is 90.1 Å². The Balaban J connectivity index is 1.68. The number of carbonyl (C=O) groups excluding carboxylic acids is 2. The minimum Gasteiger partial charge on any atom is -0.481 e. The lowest BCUT2D eigenvalue weighted by molar-refractivity contribution is -0.137. The molecule has 0 bridgehead atoms. The Morgan fingerprint density at radius 3 is 2.26 bits per heavy atom. The summed E-state index contributed by atoms with van der Waals surface area (Å²) in [5.41, 5.74) is 1.45. The van der Waals surface area contributed by atoms with Crippen LogP contribution in [-0.2, 0) is 16.0 Å². The molecule has 1 aromatic heterocycles. The van der Waals surface area contributed by atoms with Crippen LogP contribution in [0.5, 0.6) is 0 Å². The quantitative estimate of drug-likeness (QED) is 0.308. The number of carboxylic acid groups (broad SMARTS) is 1. The predicted octanol–water partition coefficient (Wildman–Crippen LogP) is 5.42. The number of halogens is 2. The average Bonchev–Trinajstić information content (AvgIpc) is 3.23. The van der Waals surface area contributed by atoms with Crippen LogP contribution < -0.4 is 10.6 Å². The largest absolute Gasteiger partial charge is 0.481 e. The first-order valence-corrected chi connectivity index (χ1v) is 12.6. The molecule has 0 aliphatic rings. The third-order valence-electron chi connectivity index (χ3n) is 5.29. The molecule has 0 aliphatic carbocycles. The van der Waals surface area contributed by atoms with Gasteiger partial charge >= 0.3 is 5.97 Å². The zero-order valence-corrected chi connectivity index (χ0v) is 21.7. The fourth-order valence-corrected chi connectivity index (χ4v) is 5.00. The first kappa shape index (κ1) is 26.6. The number of carbonyl (C=O) groups is 3. The molecule has 2 aromatic carbocycles. The number of hydrogen-bond acceptors (Lipinski definition) is 4. The van der Waals surface area contributed by atoms with Gasteiger partial charge in [-0.3, -0.25) is 14.4 Å². The summed E-state index contributed by atoms with van der Waals surface area (Å²) in [6, 6.07) is 15.9. The average molecular weight is 561 g/mol. The first-order valence-electron chi connectivity index (χ1n) is 11.0. The molecule has 3 aromatic rings. The summed E-state index contributed by atoms with van der Waals surface area (Å²) >= 11 is 5.01. The van der Waals surface area contributed by atoms with E-state index in [2.05, 4.69) is 26.6 Å². The topological polar surface area (TPSA) is 95.5 Å². The summed E-state index contributed by atoms with van der Waals surface area (Å²) in [5, 5.41) is 14.7. The molecule has 184 valence electrons. The van der Waals surface area contributed by atoms with Crippen molar-refractivity contribution in [1.82, 2.24) is 10.6 Å². The van der Waals surface area contributed by atoms with E-state index >= 15 is 0 Å². The van der Waals surface area contributed by atoms with Crippen LogP contribution in [0.15, 0.2) is 64.5 Å². The van der Waals surface area contributed by atoms with Crippen LogP contribution in [0.1, 0.15) is 42.6 Å². The molecule has 1 atom stereocenters. The number of aliphatic carboxylic acids is 1. The number of thiophene rings is 1. The molecular formula is C26H26BrFN2O4S. The summed E-state index contributed by atoms with van der Waals surface area (Å²) in [7, 11) is 0. The van der Waals surface area contributed by atoms with Crippen molar-refractivity contribution in [2.75, 3.05) is 0 Å². The van der Waals surface area contributed by atoms with Crippen LogP contribution in [-0.4, -0.2) is 34.5 Å². The highest BCUT2D eigenvalue weighted by molar-refractivity contribution is 9.11. The van der Waals surface area contributed by atoms with Gasteiger partial charge in [0.25, 0.3) is 5.91 Å². The molecule has 0 fully saturated rings. The lowest BCUT2D eigenvalue weighted by Crippen LogP contribution is -2.54. The van der Waals surface area contributed by atoms with Gasteiger partial charge in [-0.15, -0.1) is 11.3 Å². The van der Waals surface area contributed by atoms with E-state index in [1.807, 2.05) is 38.1 Å². The zero-order valence-electron chi connectivity index (χ0n) is 19.3. The molecule has 0 radical (unpaired) electrons. The van der Waals surface area contributed by atoms with Crippen molar-refractivity contribution in [3.05, 3.63) is 81.4 Å². The van der Waals surface area contributed by atoms with Gasteiger partial charge in [0.1, 0.15) is 11.9 Å². The molecule has 0 unspecified atom stereocenters. The maximum Gasteiger partial charge on any atom is 0.303 e. The maximum absolute atomic E-state index is 13.2. The van der Waals surface area contributed by atoms with Gasteiger partial charge in [0.05, 0.1) is 3.79 Å². The van der Waals surface area contributed by atoms with Gasteiger partial charge in [-0.1, -0.05) is 24.3 Å². The van der Waals surface area contributed by atoms with E-state index in [0.717, 1.165) is 19.8 Å². The van der Waals surface area contributed by atoms with E-state index in [1.165, 1.54) is 12.1 Å². The molecular weight excluding hydrogens is 535 g/mol. The molecule has 0 aliphatic heterocycles. The molecule has 3 N–H and O–H groups in total. The lowest BCUT2D eigenvalue weighted by Gasteiger charge is -2.29. The molecule has 3 rings (SSSR count). The van der Waals surface area contributed by atoms with E-state index in [0.29, 0.717) is 12.0 Å². The van der Waals surface area contributed by atoms with Crippen LogP contribution in [0.2, 0.25) is 0 Å². The summed E-state index contributed by atoms with van der Waals surface area (Å²) in [5.74, 6) is -2.35. The van der Waals surface area contributed by atoms with Gasteiger partial charge < -0.3 is 15.7 Å². The standard InChI is InChI=1S/C26H26BrFN2O4S/c1-26(2,15-16-3-9-19(28)10-4-16)30-25(34)20(11-14-23(31)32)29-24(33)18-7-5-17(6-8-18)21-12-13-22(27)35-21/h3-10,12-13,20H,11,14-15H2,1-2H3,(H,29,33)(H,30,34)(H,31,32)/t20-/m0/s1. The van der Waals surface area contributed by atoms with Gasteiger partial charge in [0, 0.05) is 22.4 Å². The fraction of sp³-hybridized carbons (Fsp3) is 0.269. The van der Waals surface area contributed by atoms with E-state index < -0.39 is 29.4 Å².